The maximum absolute atomic E-state index is 14.8. The zero-order valence-electron chi connectivity index (χ0n) is 37.4. The van der Waals surface area contributed by atoms with Crippen molar-refractivity contribution < 1.29 is 54.1 Å². The van der Waals surface area contributed by atoms with E-state index >= 15 is 0 Å². The standard InChI is InChI=1S/C48H59N3O13/c1-22-10-9-11-23(2)47(60)50-38-43(58)34-33(37-45(38)63-32-21-29(20-30(53)36(32)49-37)51-16-12-28(13-17-51)14-18-52)35-44(27(6)42(34)57)64-48(7,46(35)59)62-19-15-31(61-8)24(3)40(55)26(5)41(56)25(4)39(22)54/h9-11,15,19-22,24-26,28,31,39-41,52,54-57,59H,12-14,16-18H2,1-8H3,(H,50,60)/b10-9+,19-15+,23-11-/t22-,24+,25+,26-,31-,39-,40+,41+,48-/m0/s1. The molecule has 4 aromatic rings. The van der Waals surface area contributed by atoms with Gasteiger partial charge in [0.1, 0.15) is 22.7 Å². The number of aliphatic hydroxyl groups is 5. The van der Waals surface area contributed by atoms with Crippen molar-refractivity contribution in [2.75, 3.05) is 37.0 Å². The number of nitrogens with zero attached hydrogens (tertiary/aromatic N) is 2. The first-order chi connectivity index (χ1) is 30.3. The first-order valence-electron chi connectivity index (χ1n) is 21.8. The Morgan fingerprint density at radius 2 is 1.59 bits per heavy atom. The van der Waals surface area contributed by atoms with Crippen LogP contribution in [0.25, 0.3) is 38.7 Å². The van der Waals surface area contributed by atoms with Crippen LogP contribution in [0.1, 0.15) is 66.4 Å². The van der Waals surface area contributed by atoms with Gasteiger partial charge in [-0.05, 0) is 45.1 Å². The summed E-state index contributed by atoms with van der Waals surface area (Å²) in [6.45, 7) is 12.6. The summed E-state index contributed by atoms with van der Waals surface area (Å²) in [4.78, 5) is 49.5. The van der Waals surface area contributed by atoms with Crippen LogP contribution in [-0.2, 0) is 14.3 Å². The molecule has 344 valence electrons. The molecular formula is C48H59N3O13. The molecule has 1 saturated heterocycles. The van der Waals surface area contributed by atoms with Gasteiger partial charge in [-0.3, -0.25) is 14.4 Å². The third kappa shape index (κ3) is 8.21. The number of allylic oxidation sites excluding steroid dienone is 2. The number of aromatic hydroxyl groups is 1. The summed E-state index contributed by atoms with van der Waals surface area (Å²) < 4.78 is 24.5. The maximum atomic E-state index is 14.8. The van der Waals surface area contributed by atoms with Crippen molar-refractivity contribution in [2.24, 2.45) is 29.6 Å². The third-order valence-corrected chi connectivity index (χ3v) is 13.7. The Bertz CT molecular complexity index is 2740. The van der Waals surface area contributed by atoms with Crippen molar-refractivity contribution in [3.05, 3.63) is 79.5 Å². The number of aliphatic hydroxyl groups excluding tert-OH is 5. The summed E-state index contributed by atoms with van der Waals surface area (Å²) in [5.74, 6) is -5.91. The molecule has 0 aliphatic carbocycles. The van der Waals surface area contributed by atoms with Crippen molar-refractivity contribution in [2.45, 2.75) is 97.9 Å². The number of methoxy groups -OCH3 is 1. The van der Waals surface area contributed by atoms with E-state index in [-0.39, 0.29) is 67.4 Å². The second-order valence-electron chi connectivity index (χ2n) is 17.9. The zero-order chi connectivity index (χ0) is 46.5. The molecule has 1 aromatic heterocycles. The molecule has 0 saturated carbocycles. The van der Waals surface area contributed by atoms with E-state index in [2.05, 4.69) is 5.32 Å². The van der Waals surface area contributed by atoms with Gasteiger partial charge in [0.05, 0.1) is 41.3 Å². The van der Waals surface area contributed by atoms with Crippen molar-refractivity contribution in [3.8, 4) is 11.5 Å². The van der Waals surface area contributed by atoms with Crippen LogP contribution in [0.2, 0.25) is 0 Å². The van der Waals surface area contributed by atoms with Gasteiger partial charge in [-0.2, -0.15) is 0 Å². The zero-order valence-corrected chi connectivity index (χ0v) is 37.4. The van der Waals surface area contributed by atoms with Crippen LogP contribution in [-0.4, -0.2) is 98.5 Å². The summed E-state index contributed by atoms with van der Waals surface area (Å²) in [5, 5.41) is 69.5. The van der Waals surface area contributed by atoms with Gasteiger partial charge in [0.25, 0.3) is 5.91 Å². The van der Waals surface area contributed by atoms with E-state index in [9.17, 15) is 45.0 Å². The van der Waals surface area contributed by atoms with Gasteiger partial charge < -0.3 is 59.5 Å². The van der Waals surface area contributed by atoms with Gasteiger partial charge >= 0.3 is 5.79 Å². The number of piperidine rings is 1. The number of ether oxygens (including phenoxy) is 3. The van der Waals surface area contributed by atoms with Crippen LogP contribution in [0.15, 0.2) is 62.3 Å². The van der Waals surface area contributed by atoms with Crippen LogP contribution >= 0.6 is 0 Å². The fraction of sp³-hybridized carbons (Fsp3) is 0.500. The average Bonchev–Trinajstić information content (AvgIpc) is 3.54. The Kier molecular flexibility index (Phi) is 13.2. The van der Waals surface area contributed by atoms with E-state index in [0.29, 0.717) is 31.1 Å². The minimum absolute atomic E-state index is 0.0224. The predicted molar refractivity (Wildman–Crippen MR) is 242 cm³/mol. The molecule has 4 heterocycles. The lowest BCUT2D eigenvalue weighted by Crippen LogP contribution is -2.44. The highest BCUT2D eigenvalue weighted by molar-refractivity contribution is 6.16. The molecule has 7 rings (SSSR count). The number of carbonyl (C=O) groups excluding carboxylic acids is 1. The van der Waals surface area contributed by atoms with Gasteiger partial charge in [0.15, 0.2) is 22.4 Å². The molecule has 3 aliphatic rings. The topological polar surface area (TPSA) is 242 Å². The first kappa shape index (κ1) is 46.5. The quantitative estimate of drug-likeness (QED) is 0.110. The molecule has 16 heteroatoms. The van der Waals surface area contributed by atoms with Gasteiger partial charge in [-0.15, -0.1) is 0 Å². The van der Waals surface area contributed by atoms with Crippen molar-refractivity contribution >= 4 is 56.0 Å². The van der Waals surface area contributed by atoms with Gasteiger partial charge in [0, 0.05) is 91.7 Å². The lowest BCUT2D eigenvalue weighted by molar-refractivity contribution is -0.112. The Morgan fingerprint density at radius 1 is 0.922 bits per heavy atom. The number of hydrogen-bond donors (Lipinski definition) is 7. The van der Waals surface area contributed by atoms with Crippen molar-refractivity contribution in [1.29, 1.82) is 0 Å². The van der Waals surface area contributed by atoms with Gasteiger partial charge in [-0.1, -0.05) is 45.9 Å². The van der Waals surface area contributed by atoms with Crippen LogP contribution in [0.5, 0.6) is 11.5 Å². The van der Waals surface area contributed by atoms with Gasteiger partial charge in [0.2, 0.25) is 10.9 Å². The highest BCUT2D eigenvalue weighted by Gasteiger charge is 2.44. The third-order valence-electron chi connectivity index (χ3n) is 13.7. The number of anilines is 2. The second-order valence-corrected chi connectivity index (χ2v) is 17.9. The molecule has 0 spiro atoms. The van der Waals surface area contributed by atoms with E-state index in [1.807, 2.05) is 4.90 Å². The Labute approximate surface area is 369 Å². The summed E-state index contributed by atoms with van der Waals surface area (Å²) in [7, 11) is 1.44. The van der Waals surface area contributed by atoms with E-state index in [1.54, 1.807) is 45.9 Å². The van der Waals surface area contributed by atoms with E-state index in [4.69, 9.17) is 23.6 Å². The lowest BCUT2D eigenvalue weighted by atomic mass is 9.78. The van der Waals surface area contributed by atoms with E-state index in [0.717, 1.165) is 12.8 Å². The van der Waals surface area contributed by atoms with E-state index < -0.39 is 82.1 Å². The monoisotopic (exact) mass is 885 g/mol. The molecule has 0 unspecified atom stereocenters. The second kappa shape index (κ2) is 18.2. The fourth-order valence-electron chi connectivity index (χ4n) is 9.33. The number of phenolic OH excluding ortho intramolecular Hbond substituents is 1. The number of rotatable bonds is 4. The first-order valence-corrected chi connectivity index (χ1v) is 21.8. The van der Waals surface area contributed by atoms with Crippen LogP contribution in [0, 0.1) is 36.5 Å². The largest absolute Gasteiger partial charge is 0.507 e. The Morgan fingerprint density at radius 3 is 2.27 bits per heavy atom. The molecule has 64 heavy (non-hydrogen) atoms. The molecule has 16 nitrogen and oxygen atoms in total. The average molecular weight is 886 g/mol. The number of benzene rings is 3. The number of hydrogen-bond acceptors (Lipinski definition) is 15. The van der Waals surface area contributed by atoms with Crippen LogP contribution < -0.4 is 31.0 Å². The minimum Gasteiger partial charge on any atom is -0.507 e. The Balaban J connectivity index is 1.47. The molecule has 1 fully saturated rings. The van der Waals surface area contributed by atoms with Crippen molar-refractivity contribution in [3.63, 3.8) is 0 Å². The number of nitrogens with one attached hydrogen (secondary N) is 1. The number of carbonyl (C=O) groups is 1. The highest BCUT2D eigenvalue weighted by atomic mass is 16.7. The van der Waals surface area contributed by atoms with E-state index in [1.165, 1.54) is 52.4 Å². The summed E-state index contributed by atoms with van der Waals surface area (Å²) in [5.41, 5.74) is -1.44. The normalized spacial score (nSPS) is 30.6. The molecule has 3 aromatic carbocycles. The summed E-state index contributed by atoms with van der Waals surface area (Å²) in [6.07, 6.45) is 5.75. The Hall–Kier alpha value is -5.52. The number of aromatic nitrogens is 1. The molecular weight excluding hydrogens is 827 g/mol. The molecule has 1 amide bonds. The molecule has 4 bridgehead atoms. The number of fused-ring (bicyclic) bond motifs is 2. The number of amides is 1. The van der Waals surface area contributed by atoms with Crippen LogP contribution in [0.4, 0.5) is 11.4 Å². The maximum Gasteiger partial charge on any atom is 0.307 e. The molecule has 7 N–H and O–H groups in total. The molecule has 3 aliphatic heterocycles. The fourth-order valence-corrected chi connectivity index (χ4v) is 9.33. The van der Waals surface area contributed by atoms with Crippen molar-refractivity contribution in [1.82, 2.24) is 4.98 Å². The number of phenols is 1. The van der Waals surface area contributed by atoms with Crippen LogP contribution in [0.3, 0.4) is 0 Å². The molecule has 0 radical (unpaired) electrons. The minimum atomic E-state index is -1.96. The van der Waals surface area contributed by atoms with Gasteiger partial charge in [-0.25, -0.2) is 4.98 Å². The lowest BCUT2D eigenvalue weighted by Gasteiger charge is -2.36. The summed E-state index contributed by atoms with van der Waals surface area (Å²) in [6, 6.07) is 3.10. The smallest absolute Gasteiger partial charge is 0.307 e. The SMILES string of the molecule is CO[C@H]1/C=C/O[C@@]2(C)Oc3c(C)c(O)c4c(=O)c(c5oc6cc(N7CCC(CCO)CC7)cc(=O)c6nc5c4c3=C2O)NC(=O)/C(C)=C\C=C\[C@H](C)[C@H](O)[C@@H](C)[C@@H](O)[C@@H](C)[C@H](O)[C@@H]1C. The predicted octanol–water partition coefficient (Wildman–Crippen LogP) is 4.59. The molecule has 9 atom stereocenters. The highest BCUT2D eigenvalue weighted by Crippen LogP contribution is 2.42. The summed E-state index contributed by atoms with van der Waals surface area (Å²) >= 11 is 0.